The van der Waals surface area contributed by atoms with Gasteiger partial charge in [-0.25, -0.2) is 9.59 Å². The zero-order valence-corrected chi connectivity index (χ0v) is 11.9. The van der Waals surface area contributed by atoms with Crippen molar-refractivity contribution in [2.24, 2.45) is 0 Å². The summed E-state index contributed by atoms with van der Waals surface area (Å²) in [5.41, 5.74) is -0.587. The van der Waals surface area contributed by atoms with Crippen LogP contribution in [0.5, 0.6) is 0 Å². The van der Waals surface area contributed by atoms with E-state index in [0.717, 1.165) is 0 Å². The van der Waals surface area contributed by atoms with Crippen LogP contribution < -0.4 is 0 Å². The molecular formula is C12H22N2O5. The van der Waals surface area contributed by atoms with Gasteiger partial charge in [0.2, 0.25) is 0 Å². The van der Waals surface area contributed by atoms with Crippen molar-refractivity contribution in [1.29, 1.82) is 0 Å². The second-order valence-electron chi connectivity index (χ2n) is 5.43. The van der Waals surface area contributed by atoms with Crippen molar-refractivity contribution >= 4 is 12.2 Å². The summed E-state index contributed by atoms with van der Waals surface area (Å²) in [6.45, 7) is 6.03. The summed E-state index contributed by atoms with van der Waals surface area (Å²) in [6, 6.07) is -0.470. The fourth-order valence-corrected chi connectivity index (χ4v) is 1.87. The molecule has 0 radical (unpaired) electrons. The van der Waals surface area contributed by atoms with Gasteiger partial charge in [0.15, 0.2) is 0 Å². The van der Waals surface area contributed by atoms with Crippen LogP contribution in [0.25, 0.3) is 0 Å². The molecular weight excluding hydrogens is 252 g/mol. The number of amides is 2. The molecule has 0 aliphatic carbocycles. The van der Waals surface area contributed by atoms with Crippen LogP contribution in [0, 0.1) is 0 Å². The zero-order chi connectivity index (χ0) is 14.6. The van der Waals surface area contributed by atoms with Crippen molar-refractivity contribution in [2.75, 3.05) is 33.4 Å². The number of hydrogen-bond donors (Lipinski definition) is 1. The summed E-state index contributed by atoms with van der Waals surface area (Å²) in [7, 11) is 1.30. The molecule has 0 saturated carbocycles. The van der Waals surface area contributed by atoms with Crippen molar-refractivity contribution in [3.63, 3.8) is 0 Å². The Labute approximate surface area is 113 Å². The molecule has 7 nitrogen and oxygen atoms in total. The van der Waals surface area contributed by atoms with Gasteiger partial charge in [-0.05, 0) is 20.8 Å². The molecule has 1 fully saturated rings. The third kappa shape index (κ3) is 4.27. The van der Waals surface area contributed by atoms with Gasteiger partial charge in [0.25, 0.3) is 0 Å². The lowest BCUT2D eigenvalue weighted by atomic mass is 10.2. The Morgan fingerprint density at radius 2 is 1.89 bits per heavy atom. The Hall–Kier alpha value is -1.50. The van der Waals surface area contributed by atoms with Gasteiger partial charge < -0.3 is 19.5 Å². The number of carbonyl (C=O) groups is 2. The van der Waals surface area contributed by atoms with Gasteiger partial charge in [-0.1, -0.05) is 0 Å². The fourth-order valence-electron chi connectivity index (χ4n) is 1.87. The number of aliphatic hydroxyl groups is 1. The van der Waals surface area contributed by atoms with Crippen LogP contribution in [0.2, 0.25) is 0 Å². The van der Waals surface area contributed by atoms with Crippen molar-refractivity contribution in [2.45, 2.75) is 32.4 Å². The highest BCUT2D eigenvalue weighted by molar-refractivity contribution is 5.71. The molecule has 7 heteroatoms. The van der Waals surface area contributed by atoms with E-state index in [4.69, 9.17) is 4.74 Å². The normalized spacial score (nSPS) is 20.2. The van der Waals surface area contributed by atoms with Crippen LogP contribution in [0.1, 0.15) is 20.8 Å². The molecule has 2 amide bonds. The first-order valence-corrected chi connectivity index (χ1v) is 6.22. The highest BCUT2D eigenvalue weighted by atomic mass is 16.6. The number of methoxy groups -OCH3 is 1. The molecule has 0 bridgehead atoms. The molecule has 0 aromatic heterocycles. The molecule has 1 N–H and O–H groups in total. The fraction of sp³-hybridized carbons (Fsp3) is 0.833. The summed E-state index contributed by atoms with van der Waals surface area (Å²) < 4.78 is 9.90. The van der Waals surface area contributed by atoms with Gasteiger partial charge in [-0.3, -0.25) is 4.90 Å². The van der Waals surface area contributed by atoms with Crippen LogP contribution in [0.3, 0.4) is 0 Å². The minimum absolute atomic E-state index is 0.229. The highest BCUT2D eigenvalue weighted by Gasteiger charge is 2.34. The number of piperazine rings is 1. The molecule has 0 spiro atoms. The molecule has 1 rings (SSSR count). The molecule has 1 atom stereocenters. The first-order chi connectivity index (χ1) is 8.78. The second-order valence-corrected chi connectivity index (χ2v) is 5.43. The SMILES string of the molecule is COC(=O)N1CCN(C(=O)OC(C)(C)C)C(CO)C1. The van der Waals surface area contributed by atoms with E-state index in [1.54, 1.807) is 20.8 Å². The Balaban J connectivity index is 2.67. The van der Waals surface area contributed by atoms with E-state index >= 15 is 0 Å². The number of nitrogens with zero attached hydrogens (tertiary/aromatic N) is 2. The first-order valence-electron chi connectivity index (χ1n) is 6.22. The predicted octanol–water partition coefficient (Wildman–Crippen LogP) is 0.666. The summed E-state index contributed by atoms with van der Waals surface area (Å²) in [5.74, 6) is 0. The highest BCUT2D eigenvalue weighted by Crippen LogP contribution is 2.16. The maximum absolute atomic E-state index is 12.0. The largest absolute Gasteiger partial charge is 0.453 e. The Bertz CT molecular complexity index is 340. The van der Waals surface area contributed by atoms with E-state index in [0.29, 0.717) is 13.1 Å². The standard InChI is InChI=1S/C12H22N2O5/c1-12(2,3)19-11(17)14-6-5-13(10(16)18-4)7-9(14)8-15/h9,15H,5-8H2,1-4H3. The molecule has 1 heterocycles. The second kappa shape index (κ2) is 6.10. The number of carbonyl (C=O) groups excluding carboxylic acids is 2. The number of rotatable bonds is 1. The quantitative estimate of drug-likeness (QED) is 0.760. The molecule has 1 aliphatic rings. The van der Waals surface area contributed by atoms with E-state index in [2.05, 4.69) is 4.74 Å². The first kappa shape index (κ1) is 15.6. The van der Waals surface area contributed by atoms with Crippen molar-refractivity contribution in [1.82, 2.24) is 9.80 Å². The van der Waals surface area contributed by atoms with Crippen molar-refractivity contribution in [3.8, 4) is 0 Å². The van der Waals surface area contributed by atoms with E-state index in [-0.39, 0.29) is 13.2 Å². The van der Waals surface area contributed by atoms with E-state index in [9.17, 15) is 14.7 Å². The average molecular weight is 274 g/mol. The van der Waals surface area contributed by atoms with Crippen LogP contribution in [-0.4, -0.2) is 72.1 Å². The minimum atomic E-state index is -0.587. The Morgan fingerprint density at radius 1 is 1.26 bits per heavy atom. The van der Waals surface area contributed by atoms with Crippen molar-refractivity contribution in [3.05, 3.63) is 0 Å². The minimum Gasteiger partial charge on any atom is -0.453 e. The lowest BCUT2D eigenvalue weighted by Gasteiger charge is -2.40. The van der Waals surface area contributed by atoms with Gasteiger partial charge in [0, 0.05) is 19.6 Å². The summed E-state index contributed by atoms with van der Waals surface area (Å²) >= 11 is 0. The molecule has 19 heavy (non-hydrogen) atoms. The number of hydrogen-bond acceptors (Lipinski definition) is 5. The monoisotopic (exact) mass is 274 g/mol. The molecule has 0 aromatic carbocycles. The van der Waals surface area contributed by atoms with Crippen LogP contribution in [0.4, 0.5) is 9.59 Å². The van der Waals surface area contributed by atoms with Gasteiger partial charge in [-0.2, -0.15) is 0 Å². The number of aliphatic hydroxyl groups excluding tert-OH is 1. The maximum Gasteiger partial charge on any atom is 0.410 e. The van der Waals surface area contributed by atoms with E-state index in [1.807, 2.05) is 0 Å². The average Bonchev–Trinajstić information content (AvgIpc) is 2.34. The molecule has 1 saturated heterocycles. The summed E-state index contributed by atoms with van der Waals surface area (Å²) in [5, 5.41) is 9.35. The Morgan fingerprint density at radius 3 is 2.37 bits per heavy atom. The molecule has 1 unspecified atom stereocenters. The van der Waals surface area contributed by atoms with Gasteiger partial charge in [0.1, 0.15) is 5.60 Å². The third-order valence-corrected chi connectivity index (χ3v) is 2.75. The molecule has 1 aliphatic heterocycles. The lowest BCUT2D eigenvalue weighted by molar-refractivity contribution is -0.0107. The zero-order valence-electron chi connectivity index (χ0n) is 11.9. The lowest BCUT2D eigenvalue weighted by Crippen LogP contribution is -2.58. The smallest absolute Gasteiger partial charge is 0.410 e. The predicted molar refractivity (Wildman–Crippen MR) is 67.8 cm³/mol. The van der Waals surface area contributed by atoms with E-state index in [1.165, 1.54) is 16.9 Å². The third-order valence-electron chi connectivity index (χ3n) is 2.75. The van der Waals surface area contributed by atoms with E-state index < -0.39 is 23.8 Å². The Kier molecular flexibility index (Phi) is 4.99. The van der Waals surface area contributed by atoms with Gasteiger partial charge in [0.05, 0.1) is 19.8 Å². The molecule has 0 aromatic rings. The maximum atomic E-state index is 12.0. The van der Waals surface area contributed by atoms with Gasteiger partial charge >= 0.3 is 12.2 Å². The summed E-state index contributed by atoms with van der Waals surface area (Å²) in [6.07, 6.45) is -0.932. The van der Waals surface area contributed by atoms with Crippen molar-refractivity contribution < 1.29 is 24.2 Å². The van der Waals surface area contributed by atoms with Crippen LogP contribution >= 0.6 is 0 Å². The number of ether oxygens (including phenoxy) is 2. The van der Waals surface area contributed by atoms with Gasteiger partial charge in [-0.15, -0.1) is 0 Å². The topological polar surface area (TPSA) is 79.3 Å². The van der Waals surface area contributed by atoms with Crippen LogP contribution in [0.15, 0.2) is 0 Å². The van der Waals surface area contributed by atoms with Crippen LogP contribution in [-0.2, 0) is 9.47 Å². The summed E-state index contributed by atoms with van der Waals surface area (Å²) in [4.78, 5) is 26.3. The molecule has 110 valence electrons.